The van der Waals surface area contributed by atoms with Gasteiger partial charge in [-0.15, -0.1) is 0 Å². The van der Waals surface area contributed by atoms with E-state index in [4.69, 9.17) is 4.74 Å². The van der Waals surface area contributed by atoms with Crippen LogP contribution in [0.5, 0.6) is 0 Å². The third kappa shape index (κ3) is 3.79. The van der Waals surface area contributed by atoms with Gasteiger partial charge in [0.1, 0.15) is 0 Å². The van der Waals surface area contributed by atoms with Crippen molar-refractivity contribution in [2.75, 3.05) is 43.5 Å². The van der Waals surface area contributed by atoms with Gasteiger partial charge in [0.05, 0.1) is 23.9 Å². The topological polar surface area (TPSA) is 66.9 Å². The summed E-state index contributed by atoms with van der Waals surface area (Å²) in [5.74, 6) is 0.196. The van der Waals surface area contributed by atoms with Gasteiger partial charge in [-0.1, -0.05) is 0 Å². The summed E-state index contributed by atoms with van der Waals surface area (Å²) < 4.78 is 30.6. The van der Waals surface area contributed by atoms with Crippen LogP contribution in [0.1, 0.15) is 19.8 Å². The lowest BCUT2D eigenvalue weighted by atomic mass is 10.3. The normalized spacial score (nSPS) is 21.2. The van der Waals surface area contributed by atoms with Gasteiger partial charge in [0.2, 0.25) is 5.91 Å². The fraction of sp³-hybridized carbons (Fsp3) is 0.588. The number of carbonyl (C=O) groups excluding carboxylic acids is 1. The predicted molar refractivity (Wildman–Crippen MR) is 91.9 cm³/mol. The lowest BCUT2D eigenvalue weighted by molar-refractivity contribution is -0.117. The molecule has 1 amide bonds. The number of nitrogens with zero attached hydrogens (tertiary/aromatic N) is 2. The van der Waals surface area contributed by atoms with Crippen molar-refractivity contribution in [2.45, 2.75) is 30.7 Å². The molecule has 0 saturated carbocycles. The average molecular weight is 352 g/mol. The Labute approximate surface area is 143 Å². The summed E-state index contributed by atoms with van der Waals surface area (Å²) in [4.78, 5) is 16.0. The van der Waals surface area contributed by atoms with Crippen LogP contribution in [-0.4, -0.2) is 63.9 Å². The van der Waals surface area contributed by atoms with Crippen LogP contribution in [0.3, 0.4) is 0 Å². The van der Waals surface area contributed by atoms with E-state index in [1.807, 2.05) is 6.92 Å². The third-order valence-corrected chi connectivity index (χ3v) is 6.62. The number of amides is 1. The minimum Gasteiger partial charge on any atom is -0.379 e. The molecule has 0 aliphatic carbocycles. The number of hydrogen-bond acceptors (Lipinski definition) is 5. The fourth-order valence-electron chi connectivity index (χ4n) is 3.29. The van der Waals surface area contributed by atoms with Gasteiger partial charge in [0.15, 0.2) is 9.84 Å². The summed E-state index contributed by atoms with van der Waals surface area (Å²) >= 11 is 0. The Morgan fingerprint density at radius 2 is 1.79 bits per heavy atom. The molecule has 0 N–H and O–H groups in total. The number of ether oxygens (including phenoxy) is 1. The lowest BCUT2D eigenvalue weighted by Crippen LogP contribution is -2.45. The molecule has 0 bridgehead atoms. The molecule has 1 atom stereocenters. The van der Waals surface area contributed by atoms with E-state index in [2.05, 4.69) is 4.90 Å². The van der Waals surface area contributed by atoms with Crippen molar-refractivity contribution in [3.8, 4) is 0 Å². The highest BCUT2D eigenvalue weighted by Crippen LogP contribution is 2.24. The van der Waals surface area contributed by atoms with Gasteiger partial charge < -0.3 is 9.64 Å². The van der Waals surface area contributed by atoms with Gasteiger partial charge in [-0.2, -0.15) is 0 Å². The van der Waals surface area contributed by atoms with Crippen LogP contribution in [0, 0.1) is 0 Å². The third-order valence-electron chi connectivity index (χ3n) is 4.71. The maximum Gasteiger partial charge on any atom is 0.227 e. The van der Waals surface area contributed by atoms with Crippen LogP contribution in [0.2, 0.25) is 0 Å². The van der Waals surface area contributed by atoms with E-state index in [1.165, 1.54) is 0 Å². The highest BCUT2D eigenvalue weighted by Gasteiger charge is 2.25. The Hall–Kier alpha value is -1.44. The summed E-state index contributed by atoms with van der Waals surface area (Å²) in [6, 6.07) is 6.65. The van der Waals surface area contributed by atoms with Crippen LogP contribution >= 0.6 is 0 Å². The van der Waals surface area contributed by atoms with Crippen LogP contribution < -0.4 is 4.90 Å². The van der Waals surface area contributed by atoms with Crippen LogP contribution in [0.15, 0.2) is 29.2 Å². The molecule has 0 spiro atoms. The molecule has 2 saturated heterocycles. The number of anilines is 1. The molecule has 6 nitrogen and oxygen atoms in total. The quantitative estimate of drug-likeness (QED) is 0.799. The highest BCUT2D eigenvalue weighted by molar-refractivity contribution is 7.91. The van der Waals surface area contributed by atoms with E-state index in [-0.39, 0.29) is 17.7 Å². The molecule has 2 aliphatic heterocycles. The molecule has 0 unspecified atom stereocenters. The highest BCUT2D eigenvalue weighted by atomic mass is 32.2. The molecule has 132 valence electrons. The molecule has 2 fully saturated rings. The minimum absolute atomic E-state index is 0.0428. The molecule has 2 heterocycles. The standard InChI is InChI=1S/C17H24N2O4S/c1-14(18-9-11-23-12-10-18)13-24(21,22)16-6-4-15(5-7-16)19-8-2-3-17(19)20/h4-7,14H,2-3,8-13H2,1H3/t14-/m1/s1. The monoisotopic (exact) mass is 352 g/mol. The maximum absolute atomic E-state index is 12.6. The van der Waals surface area contributed by atoms with Gasteiger partial charge in [-0.3, -0.25) is 9.69 Å². The van der Waals surface area contributed by atoms with Crippen molar-refractivity contribution in [3.05, 3.63) is 24.3 Å². The van der Waals surface area contributed by atoms with Crippen LogP contribution in [-0.2, 0) is 19.4 Å². The Balaban J connectivity index is 1.69. The number of rotatable bonds is 5. The molecular weight excluding hydrogens is 328 g/mol. The summed E-state index contributed by atoms with van der Waals surface area (Å²) in [5, 5.41) is 0. The number of morpholine rings is 1. The second kappa shape index (κ2) is 7.21. The van der Waals surface area contributed by atoms with Crippen molar-refractivity contribution in [3.63, 3.8) is 0 Å². The van der Waals surface area contributed by atoms with Gasteiger partial charge in [-0.05, 0) is 37.6 Å². The summed E-state index contributed by atoms with van der Waals surface area (Å²) in [6.07, 6.45) is 1.42. The zero-order chi connectivity index (χ0) is 17.2. The zero-order valence-corrected chi connectivity index (χ0v) is 14.8. The largest absolute Gasteiger partial charge is 0.379 e. The van der Waals surface area contributed by atoms with Gasteiger partial charge in [-0.25, -0.2) is 8.42 Å². The first-order chi connectivity index (χ1) is 11.5. The first kappa shape index (κ1) is 17.4. The molecule has 1 aromatic rings. The minimum atomic E-state index is -3.35. The Bertz CT molecular complexity index is 681. The second-order valence-electron chi connectivity index (χ2n) is 6.42. The zero-order valence-electron chi connectivity index (χ0n) is 14.0. The van der Waals surface area contributed by atoms with Gasteiger partial charge >= 0.3 is 0 Å². The van der Waals surface area contributed by atoms with Crippen molar-refractivity contribution in [2.24, 2.45) is 0 Å². The van der Waals surface area contributed by atoms with E-state index in [9.17, 15) is 13.2 Å². The van der Waals surface area contributed by atoms with Crippen molar-refractivity contribution in [1.29, 1.82) is 0 Å². The molecule has 0 aromatic heterocycles. The summed E-state index contributed by atoms with van der Waals surface area (Å²) in [6.45, 7) is 5.50. The second-order valence-corrected chi connectivity index (χ2v) is 8.46. The molecule has 2 aliphatic rings. The summed E-state index contributed by atoms with van der Waals surface area (Å²) in [5.41, 5.74) is 0.776. The number of benzene rings is 1. The van der Waals surface area contributed by atoms with E-state index in [1.54, 1.807) is 29.2 Å². The van der Waals surface area contributed by atoms with E-state index in [0.717, 1.165) is 25.2 Å². The van der Waals surface area contributed by atoms with E-state index < -0.39 is 9.84 Å². The lowest BCUT2D eigenvalue weighted by Gasteiger charge is -2.32. The van der Waals surface area contributed by atoms with Crippen LogP contribution in [0.25, 0.3) is 0 Å². The molecule has 24 heavy (non-hydrogen) atoms. The average Bonchev–Trinajstić information content (AvgIpc) is 3.01. The fourth-order valence-corrected chi connectivity index (χ4v) is 4.88. The first-order valence-corrected chi connectivity index (χ1v) is 10.1. The van der Waals surface area contributed by atoms with Crippen molar-refractivity contribution >= 4 is 21.4 Å². The Kier molecular flexibility index (Phi) is 5.22. The van der Waals surface area contributed by atoms with E-state index in [0.29, 0.717) is 31.1 Å². The predicted octanol–water partition coefficient (Wildman–Crippen LogP) is 1.31. The molecule has 3 rings (SSSR count). The summed E-state index contributed by atoms with van der Waals surface area (Å²) in [7, 11) is -3.35. The number of carbonyl (C=O) groups is 1. The molecule has 1 aromatic carbocycles. The SMILES string of the molecule is C[C@H](CS(=O)(=O)c1ccc(N2CCCC2=O)cc1)N1CCOCC1. The number of hydrogen-bond donors (Lipinski definition) is 0. The van der Waals surface area contributed by atoms with Crippen molar-refractivity contribution < 1.29 is 17.9 Å². The first-order valence-electron chi connectivity index (χ1n) is 8.42. The Morgan fingerprint density at radius 3 is 2.38 bits per heavy atom. The smallest absolute Gasteiger partial charge is 0.227 e. The number of sulfone groups is 1. The van der Waals surface area contributed by atoms with Gasteiger partial charge in [0.25, 0.3) is 0 Å². The molecular formula is C17H24N2O4S. The van der Waals surface area contributed by atoms with E-state index >= 15 is 0 Å². The maximum atomic E-state index is 12.6. The van der Waals surface area contributed by atoms with Crippen LogP contribution in [0.4, 0.5) is 5.69 Å². The molecule has 0 radical (unpaired) electrons. The Morgan fingerprint density at radius 1 is 1.12 bits per heavy atom. The van der Waals surface area contributed by atoms with Gasteiger partial charge in [0, 0.05) is 37.8 Å². The van der Waals surface area contributed by atoms with Crippen molar-refractivity contribution in [1.82, 2.24) is 4.90 Å². The molecule has 7 heteroatoms.